The van der Waals surface area contributed by atoms with Gasteiger partial charge in [-0.05, 0) is 34.1 Å². The van der Waals surface area contributed by atoms with Gasteiger partial charge in [-0.1, -0.05) is 35.3 Å². The van der Waals surface area contributed by atoms with Gasteiger partial charge >= 0.3 is 0 Å². The molecule has 0 unspecified atom stereocenters. The molecule has 0 saturated heterocycles. The van der Waals surface area contributed by atoms with Crippen molar-refractivity contribution in [1.29, 1.82) is 0 Å². The molecule has 2 aromatic carbocycles. The monoisotopic (exact) mass is 388 g/mol. The van der Waals surface area contributed by atoms with E-state index in [2.05, 4.69) is 21.2 Å². The maximum Gasteiger partial charge on any atom is 0.288 e. The molecule has 1 amide bonds. The minimum Gasteiger partial charge on any atom is -0.321 e. The SMILES string of the molecule is O=C(Nc1cccc(Cl)c1Br)c1cccc([N+](=O)[O-])c1Cl. The standard InChI is InChI=1S/C13H7BrCl2N2O3/c14-11-8(15)4-2-5-9(11)17-13(19)7-3-1-6-10(12(7)16)18(20)21/h1-6H,(H,17,19). The minimum absolute atomic E-state index is 0.0118. The Hall–Kier alpha value is -1.63. The lowest BCUT2D eigenvalue weighted by atomic mass is 10.2. The van der Waals surface area contributed by atoms with Crippen molar-refractivity contribution < 1.29 is 9.72 Å². The Kier molecular flexibility index (Phi) is 4.82. The van der Waals surface area contributed by atoms with E-state index in [0.29, 0.717) is 15.2 Å². The zero-order valence-corrected chi connectivity index (χ0v) is 13.4. The number of amides is 1. The number of nitrogens with one attached hydrogen (secondary N) is 1. The number of carbonyl (C=O) groups excluding carboxylic acids is 1. The molecule has 1 N–H and O–H groups in total. The second-order valence-electron chi connectivity index (χ2n) is 3.95. The highest BCUT2D eigenvalue weighted by atomic mass is 79.9. The number of nitro groups is 1. The van der Waals surface area contributed by atoms with Crippen LogP contribution in [-0.4, -0.2) is 10.8 Å². The summed E-state index contributed by atoms with van der Waals surface area (Å²) in [5.41, 5.74) is 0.127. The second-order valence-corrected chi connectivity index (χ2v) is 5.53. The molecule has 0 aliphatic heterocycles. The van der Waals surface area contributed by atoms with Crippen LogP contribution in [0.1, 0.15) is 10.4 Å². The zero-order valence-electron chi connectivity index (χ0n) is 10.3. The molecule has 0 aliphatic carbocycles. The van der Waals surface area contributed by atoms with Gasteiger partial charge in [0, 0.05) is 6.07 Å². The van der Waals surface area contributed by atoms with Gasteiger partial charge in [0.05, 0.1) is 25.7 Å². The average molecular weight is 390 g/mol. The Morgan fingerprint density at radius 1 is 1.19 bits per heavy atom. The molecule has 108 valence electrons. The van der Waals surface area contributed by atoms with Gasteiger partial charge < -0.3 is 5.32 Å². The molecule has 0 bridgehead atoms. The molecule has 0 aromatic heterocycles. The smallest absolute Gasteiger partial charge is 0.288 e. The molecule has 0 radical (unpaired) electrons. The van der Waals surface area contributed by atoms with Crippen LogP contribution in [0.3, 0.4) is 0 Å². The fourth-order valence-corrected chi connectivity index (χ4v) is 2.44. The van der Waals surface area contributed by atoms with Crippen molar-refractivity contribution in [3.8, 4) is 0 Å². The normalized spacial score (nSPS) is 10.2. The second kappa shape index (κ2) is 6.43. The number of benzene rings is 2. The summed E-state index contributed by atoms with van der Waals surface area (Å²) in [6.45, 7) is 0. The Balaban J connectivity index is 2.35. The first-order chi connectivity index (χ1) is 9.91. The maximum absolute atomic E-state index is 12.2. The minimum atomic E-state index is -0.644. The lowest BCUT2D eigenvalue weighted by molar-refractivity contribution is -0.384. The molecule has 0 aliphatic rings. The number of hydrogen-bond acceptors (Lipinski definition) is 3. The van der Waals surface area contributed by atoms with Crippen LogP contribution in [0.25, 0.3) is 0 Å². The molecule has 8 heteroatoms. The predicted molar refractivity (Wildman–Crippen MR) is 85.2 cm³/mol. The third-order valence-corrected chi connectivity index (χ3v) is 4.41. The Bertz CT molecular complexity index is 737. The topological polar surface area (TPSA) is 72.2 Å². The number of carbonyl (C=O) groups is 1. The molecule has 21 heavy (non-hydrogen) atoms. The molecule has 0 heterocycles. The van der Waals surface area contributed by atoms with E-state index in [-0.39, 0.29) is 16.3 Å². The average Bonchev–Trinajstić information content (AvgIpc) is 2.43. The number of halogens is 3. The van der Waals surface area contributed by atoms with E-state index in [1.807, 2.05) is 0 Å². The molecule has 2 rings (SSSR count). The number of nitrogens with zero attached hydrogens (tertiary/aromatic N) is 1. The van der Waals surface area contributed by atoms with E-state index in [4.69, 9.17) is 23.2 Å². The highest BCUT2D eigenvalue weighted by molar-refractivity contribution is 9.10. The highest BCUT2D eigenvalue weighted by Crippen LogP contribution is 2.32. The number of nitro benzene ring substituents is 1. The quantitative estimate of drug-likeness (QED) is 0.598. The van der Waals surface area contributed by atoms with Crippen molar-refractivity contribution >= 4 is 56.4 Å². The Morgan fingerprint density at radius 2 is 1.86 bits per heavy atom. The van der Waals surface area contributed by atoms with Crippen molar-refractivity contribution in [2.24, 2.45) is 0 Å². The van der Waals surface area contributed by atoms with Crippen molar-refractivity contribution in [2.75, 3.05) is 5.32 Å². The van der Waals surface area contributed by atoms with E-state index >= 15 is 0 Å². The van der Waals surface area contributed by atoms with Crippen LogP contribution < -0.4 is 5.32 Å². The van der Waals surface area contributed by atoms with Gasteiger partial charge in [0.2, 0.25) is 0 Å². The van der Waals surface area contributed by atoms with E-state index in [1.165, 1.54) is 18.2 Å². The van der Waals surface area contributed by atoms with E-state index in [1.54, 1.807) is 18.2 Å². The Morgan fingerprint density at radius 3 is 2.52 bits per heavy atom. The van der Waals surface area contributed by atoms with Gasteiger partial charge in [-0.3, -0.25) is 14.9 Å². The van der Waals surface area contributed by atoms with Crippen molar-refractivity contribution in [2.45, 2.75) is 0 Å². The fraction of sp³-hybridized carbons (Fsp3) is 0. The molecule has 0 atom stereocenters. The lowest BCUT2D eigenvalue weighted by Gasteiger charge is -2.09. The first-order valence-corrected chi connectivity index (χ1v) is 7.15. The van der Waals surface area contributed by atoms with E-state index in [9.17, 15) is 14.9 Å². The van der Waals surface area contributed by atoms with Gasteiger partial charge in [-0.2, -0.15) is 0 Å². The molecule has 2 aromatic rings. The van der Waals surface area contributed by atoms with Gasteiger partial charge in [-0.25, -0.2) is 0 Å². The molecule has 5 nitrogen and oxygen atoms in total. The summed E-state index contributed by atoms with van der Waals surface area (Å²) in [6, 6.07) is 8.99. The summed E-state index contributed by atoms with van der Waals surface area (Å²) in [4.78, 5) is 22.4. The van der Waals surface area contributed by atoms with Gasteiger partial charge in [0.1, 0.15) is 5.02 Å². The van der Waals surface area contributed by atoms with E-state index in [0.717, 1.165) is 0 Å². The zero-order chi connectivity index (χ0) is 15.6. The number of rotatable bonds is 3. The summed E-state index contributed by atoms with van der Waals surface area (Å²) in [6.07, 6.45) is 0. The number of hydrogen-bond donors (Lipinski definition) is 1. The summed E-state index contributed by atoms with van der Waals surface area (Å²) in [5.74, 6) is -0.563. The van der Waals surface area contributed by atoms with Crippen molar-refractivity contribution in [1.82, 2.24) is 0 Å². The van der Waals surface area contributed by atoms with Crippen molar-refractivity contribution in [3.63, 3.8) is 0 Å². The highest BCUT2D eigenvalue weighted by Gasteiger charge is 2.20. The van der Waals surface area contributed by atoms with Gasteiger partial charge in [-0.15, -0.1) is 0 Å². The van der Waals surface area contributed by atoms with Crippen LogP contribution >= 0.6 is 39.1 Å². The van der Waals surface area contributed by atoms with Crippen LogP contribution in [0, 0.1) is 10.1 Å². The maximum atomic E-state index is 12.2. The number of anilines is 1. The van der Waals surface area contributed by atoms with Gasteiger partial charge in [0.25, 0.3) is 11.6 Å². The molecular weight excluding hydrogens is 383 g/mol. The molecule has 0 fully saturated rings. The summed E-state index contributed by atoms with van der Waals surface area (Å²) >= 11 is 15.1. The lowest BCUT2D eigenvalue weighted by Crippen LogP contribution is -2.13. The van der Waals surface area contributed by atoms with E-state index < -0.39 is 10.8 Å². The predicted octanol–water partition coefficient (Wildman–Crippen LogP) is 4.92. The third kappa shape index (κ3) is 3.34. The molecular formula is C13H7BrCl2N2O3. The fourth-order valence-electron chi connectivity index (χ4n) is 1.63. The van der Waals surface area contributed by atoms with Crippen LogP contribution in [0.15, 0.2) is 40.9 Å². The first-order valence-electron chi connectivity index (χ1n) is 5.60. The first kappa shape index (κ1) is 15.8. The summed E-state index contributed by atoms with van der Waals surface area (Å²) in [7, 11) is 0. The Labute approximate surface area is 138 Å². The molecule has 0 saturated carbocycles. The van der Waals surface area contributed by atoms with Crippen LogP contribution in [-0.2, 0) is 0 Å². The van der Waals surface area contributed by atoms with Crippen molar-refractivity contribution in [3.05, 3.63) is 66.6 Å². The van der Waals surface area contributed by atoms with Crippen LogP contribution in [0.2, 0.25) is 10.0 Å². The van der Waals surface area contributed by atoms with Crippen LogP contribution in [0.4, 0.5) is 11.4 Å². The third-order valence-electron chi connectivity index (χ3n) is 2.62. The summed E-state index contributed by atoms with van der Waals surface area (Å²) in [5, 5.41) is 13.6. The summed E-state index contributed by atoms with van der Waals surface area (Å²) < 4.78 is 0.515. The molecule has 0 spiro atoms. The largest absolute Gasteiger partial charge is 0.321 e. The van der Waals surface area contributed by atoms with Crippen LogP contribution in [0.5, 0.6) is 0 Å². The van der Waals surface area contributed by atoms with Gasteiger partial charge in [0.15, 0.2) is 0 Å².